The SMILES string of the molecule is CC1(C)C[C@H]2C[C@@H](C=O)[C@@H]3COC(=O)C[C@]23C1. The van der Waals surface area contributed by atoms with Gasteiger partial charge in [-0.25, -0.2) is 0 Å². The third-order valence-electron chi connectivity index (χ3n) is 5.30. The first kappa shape index (κ1) is 11.2. The summed E-state index contributed by atoms with van der Waals surface area (Å²) in [4.78, 5) is 22.8. The molecule has 1 aliphatic heterocycles. The van der Waals surface area contributed by atoms with E-state index in [2.05, 4.69) is 13.8 Å². The first-order chi connectivity index (χ1) is 7.97. The summed E-state index contributed by atoms with van der Waals surface area (Å²) in [6, 6.07) is 0. The average Bonchev–Trinajstić information content (AvgIpc) is 2.62. The number of hydrogen-bond donors (Lipinski definition) is 0. The minimum absolute atomic E-state index is 0.0597. The van der Waals surface area contributed by atoms with E-state index >= 15 is 0 Å². The number of aldehydes is 1. The molecule has 0 N–H and O–H groups in total. The fourth-order valence-corrected chi connectivity index (χ4v) is 4.93. The van der Waals surface area contributed by atoms with Gasteiger partial charge in [0, 0.05) is 11.8 Å². The van der Waals surface area contributed by atoms with Gasteiger partial charge in [-0.2, -0.15) is 0 Å². The lowest BCUT2D eigenvalue weighted by molar-refractivity contribution is -0.161. The molecule has 94 valence electrons. The summed E-state index contributed by atoms with van der Waals surface area (Å²) in [6.07, 6.45) is 4.83. The first-order valence-corrected chi connectivity index (χ1v) is 6.58. The zero-order valence-electron chi connectivity index (χ0n) is 10.6. The molecular formula is C14H20O3. The van der Waals surface area contributed by atoms with Crippen LogP contribution >= 0.6 is 0 Å². The molecule has 0 aromatic heterocycles. The highest BCUT2D eigenvalue weighted by Gasteiger charge is 2.63. The maximum atomic E-state index is 11.6. The van der Waals surface area contributed by atoms with Gasteiger partial charge in [0.05, 0.1) is 13.0 Å². The van der Waals surface area contributed by atoms with E-state index in [9.17, 15) is 9.59 Å². The second kappa shape index (κ2) is 3.33. The van der Waals surface area contributed by atoms with Crippen molar-refractivity contribution in [2.45, 2.75) is 39.5 Å². The predicted molar refractivity (Wildman–Crippen MR) is 62.2 cm³/mol. The van der Waals surface area contributed by atoms with Crippen LogP contribution in [0.15, 0.2) is 0 Å². The van der Waals surface area contributed by atoms with Crippen molar-refractivity contribution in [1.29, 1.82) is 0 Å². The molecule has 3 rings (SSSR count). The second-order valence-corrected chi connectivity index (χ2v) is 6.98. The lowest BCUT2D eigenvalue weighted by Crippen LogP contribution is -2.42. The quantitative estimate of drug-likeness (QED) is 0.518. The van der Waals surface area contributed by atoms with Crippen LogP contribution in [0.25, 0.3) is 0 Å². The third kappa shape index (κ3) is 1.47. The third-order valence-corrected chi connectivity index (χ3v) is 5.30. The van der Waals surface area contributed by atoms with Crippen LogP contribution in [0.3, 0.4) is 0 Å². The molecule has 2 aliphatic carbocycles. The summed E-state index contributed by atoms with van der Waals surface area (Å²) in [5, 5.41) is 0. The Balaban J connectivity index is 1.98. The van der Waals surface area contributed by atoms with Gasteiger partial charge < -0.3 is 9.53 Å². The molecule has 4 atom stereocenters. The Bertz CT molecular complexity index is 374. The second-order valence-electron chi connectivity index (χ2n) is 6.98. The predicted octanol–water partition coefficient (Wildman–Crippen LogP) is 2.19. The minimum atomic E-state index is -0.0597. The minimum Gasteiger partial charge on any atom is -0.465 e. The van der Waals surface area contributed by atoms with Gasteiger partial charge in [0.1, 0.15) is 6.29 Å². The van der Waals surface area contributed by atoms with Crippen LogP contribution in [0, 0.1) is 28.6 Å². The van der Waals surface area contributed by atoms with Gasteiger partial charge in [0.2, 0.25) is 0 Å². The molecule has 0 unspecified atom stereocenters. The van der Waals surface area contributed by atoms with Crippen molar-refractivity contribution in [2.24, 2.45) is 28.6 Å². The Kier molecular flexibility index (Phi) is 2.20. The van der Waals surface area contributed by atoms with E-state index in [-0.39, 0.29) is 23.2 Å². The molecule has 1 spiro atoms. The normalized spacial score (nSPS) is 47.2. The monoisotopic (exact) mass is 236 g/mol. The van der Waals surface area contributed by atoms with Crippen molar-refractivity contribution in [3.63, 3.8) is 0 Å². The lowest BCUT2D eigenvalue weighted by atomic mass is 9.67. The molecule has 3 aliphatic rings. The summed E-state index contributed by atoms with van der Waals surface area (Å²) in [5.41, 5.74) is 0.388. The summed E-state index contributed by atoms with van der Waals surface area (Å²) in [6.45, 7) is 5.04. The molecule has 1 heterocycles. The smallest absolute Gasteiger partial charge is 0.306 e. The highest BCUT2D eigenvalue weighted by Crippen LogP contribution is 2.67. The van der Waals surface area contributed by atoms with E-state index in [0.717, 1.165) is 25.5 Å². The van der Waals surface area contributed by atoms with Crippen LogP contribution in [0.2, 0.25) is 0 Å². The summed E-state index contributed by atoms with van der Waals surface area (Å²) in [7, 11) is 0. The molecule has 0 aromatic rings. The molecule has 0 radical (unpaired) electrons. The highest BCUT2D eigenvalue weighted by atomic mass is 16.5. The van der Waals surface area contributed by atoms with Gasteiger partial charge >= 0.3 is 5.97 Å². The lowest BCUT2D eigenvalue weighted by Gasteiger charge is -2.40. The van der Waals surface area contributed by atoms with E-state index < -0.39 is 0 Å². The van der Waals surface area contributed by atoms with Crippen molar-refractivity contribution in [1.82, 2.24) is 0 Å². The number of cyclic esters (lactones) is 1. The molecule has 3 heteroatoms. The number of hydrogen-bond acceptors (Lipinski definition) is 3. The van der Waals surface area contributed by atoms with E-state index in [1.54, 1.807) is 0 Å². The number of carbonyl (C=O) groups is 2. The molecule has 1 saturated heterocycles. The number of ether oxygens (including phenoxy) is 1. The molecule has 3 nitrogen and oxygen atoms in total. The van der Waals surface area contributed by atoms with Crippen LogP contribution in [0.4, 0.5) is 0 Å². The first-order valence-electron chi connectivity index (χ1n) is 6.58. The van der Waals surface area contributed by atoms with Crippen LogP contribution in [-0.4, -0.2) is 18.9 Å². The molecule has 0 amide bonds. The summed E-state index contributed by atoms with van der Waals surface area (Å²) >= 11 is 0. The fraction of sp³-hybridized carbons (Fsp3) is 0.857. The number of esters is 1. The molecule has 0 bridgehead atoms. The molecule has 17 heavy (non-hydrogen) atoms. The van der Waals surface area contributed by atoms with Gasteiger partial charge in [-0.3, -0.25) is 4.79 Å². The highest BCUT2D eigenvalue weighted by molar-refractivity contribution is 5.72. The Morgan fingerprint density at radius 2 is 2.18 bits per heavy atom. The average molecular weight is 236 g/mol. The van der Waals surface area contributed by atoms with Crippen molar-refractivity contribution in [3.05, 3.63) is 0 Å². The maximum absolute atomic E-state index is 11.6. The van der Waals surface area contributed by atoms with Crippen LogP contribution in [-0.2, 0) is 14.3 Å². The Hall–Kier alpha value is -0.860. The van der Waals surface area contributed by atoms with Gasteiger partial charge in [0.25, 0.3) is 0 Å². The molecule has 0 aromatic carbocycles. The molecule has 2 saturated carbocycles. The summed E-state index contributed by atoms with van der Waals surface area (Å²) < 4.78 is 5.20. The van der Waals surface area contributed by atoms with Gasteiger partial charge in [0.15, 0.2) is 0 Å². The fourth-order valence-electron chi connectivity index (χ4n) is 4.93. The van der Waals surface area contributed by atoms with Gasteiger partial charge in [-0.05, 0) is 36.0 Å². The number of rotatable bonds is 1. The zero-order chi connectivity index (χ0) is 12.3. The van der Waals surface area contributed by atoms with E-state index in [1.807, 2.05) is 0 Å². The summed E-state index contributed by atoms with van der Waals surface area (Å²) in [5.74, 6) is 0.884. The van der Waals surface area contributed by atoms with Crippen molar-refractivity contribution in [2.75, 3.05) is 6.61 Å². The standard InChI is InChI=1S/C14H20O3/c1-13(2)4-10-3-9(6-15)11-7-17-12(16)5-14(10,11)8-13/h6,9-11H,3-5,7-8H2,1-2H3/t9-,10+,11-,14-/m0/s1. The molecule has 3 fully saturated rings. The molecular weight excluding hydrogens is 216 g/mol. The largest absolute Gasteiger partial charge is 0.465 e. The van der Waals surface area contributed by atoms with E-state index in [1.165, 1.54) is 0 Å². The van der Waals surface area contributed by atoms with Crippen LogP contribution < -0.4 is 0 Å². The van der Waals surface area contributed by atoms with Gasteiger partial charge in [-0.1, -0.05) is 13.8 Å². The Morgan fingerprint density at radius 1 is 1.41 bits per heavy atom. The van der Waals surface area contributed by atoms with E-state index in [0.29, 0.717) is 24.4 Å². The topological polar surface area (TPSA) is 43.4 Å². The Labute approximate surface area is 102 Å². The van der Waals surface area contributed by atoms with Crippen molar-refractivity contribution < 1.29 is 14.3 Å². The van der Waals surface area contributed by atoms with Crippen LogP contribution in [0.5, 0.6) is 0 Å². The van der Waals surface area contributed by atoms with Crippen molar-refractivity contribution >= 4 is 12.3 Å². The maximum Gasteiger partial charge on any atom is 0.306 e. The van der Waals surface area contributed by atoms with Crippen molar-refractivity contribution in [3.8, 4) is 0 Å². The Morgan fingerprint density at radius 3 is 2.88 bits per heavy atom. The van der Waals surface area contributed by atoms with Gasteiger partial charge in [-0.15, -0.1) is 0 Å². The number of carbonyl (C=O) groups excluding carboxylic acids is 2. The van der Waals surface area contributed by atoms with Crippen LogP contribution in [0.1, 0.15) is 39.5 Å². The van der Waals surface area contributed by atoms with E-state index in [4.69, 9.17) is 4.74 Å². The zero-order valence-corrected chi connectivity index (χ0v) is 10.6.